The average molecular weight is 654 g/mol. The number of fused-ring (bicyclic) bond motifs is 7. The molecular formula is C48H31NS. The molecule has 0 radical (unpaired) electrons. The summed E-state index contributed by atoms with van der Waals surface area (Å²) in [4.78, 5) is 2.48. The monoisotopic (exact) mass is 653 g/mol. The molecule has 234 valence electrons. The van der Waals surface area contributed by atoms with Crippen molar-refractivity contribution in [2.45, 2.75) is 0 Å². The van der Waals surface area contributed by atoms with E-state index in [1.54, 1.807) is 0 Å². The van der Waals surface area contributed by atoms with Crippen LogP contribution in [0.4, 0.5) is 17.1 Å². The van der Waals surface area contributed by atoms with Crippen LogP contribution in [0.15, 0.2) is 188 Å². The summed E-state index contributed by atoms with van der Waals surface area (Å²) in [6, 6.07) is 68.7. The van der Waals surface area contributed by atoms with E-state index in [9.17, 15) is 0 Å². The molecule has 0 amide bonds. The van der Waals surface area contributed by atoms with Crippen LogP contribution in [0.1, 0.15) is 0 Å². The van der Waals surface area contributed by atoms with Crippen molar-refractivity contribution in [3.63, 3.8) is 0 Å². The summed E-state index contributed by atoms with van der Waals surface area (Å²) < 4.78 is 2.59. The van der Waals surface area contributed by atoms with Crippen molar-refractivity contribution >= 4 is 80.9 Å². The van der Waals surface area contributed by atoms with Gasteiger partial charge in [-0.05, 0) is 79.5 Å². The molecule has 0 fully saturated rings. The fourth-order valence-electron chi connectivity index (χ4n) is 7.76. The van der Waals surface area contributed by atoms with Gasteiger partial charge in [-0.2, -0.15) is 0 Å². The van der Waals surface area contributed by atoms with Crippen molar-refractivity contribution in [3.8, 4) is 22.3 Å². The third-order valence-corrected chi connectivity index (χ3v) is 11.3. The van der Waals surface area contributed by atoms with Crippen LogP contribution in [-0.4, -0.2) is 0 Å². The summed E-state index contributed by atoms with van der Waals surface area (Å²) in [6.45, 7) is 0. The first-order chi connectivity index (χ1) is 24.8. The average Bonchev–Trinajstić information content (AvgIpc) is 3.58. The number of thiophene rings is 1. The number of nitrogens with zero attached hydrogens (tertiary/aromatic N) is 1. The molecule has 0 spiro atoms. The predicted molar refractivity (Wildman–Crippen MR) is 217 cm³/mol. The molecule has 0 saturated carbocycles. The maximum absolute atomic E-state index is 2.48. The van der Waals surface area contributed by atoms with Gasteiger partial charge in [0.2, 0.25) is 0 Å². The first-order valence-electron chi connectivity index (χ1n) is 17.1. The maximum Gasteiger partial charge on any atom is 0.0640 e. The molecule has 1 aromatic heterocycles. The van der Waals surface area contributed by atoms with E-state index in [4.69, 9.17) is 0 Å². The maximum atomic E-state index is 2.48. The zero-order valence-corrected chi connectivity index (χ0v) is 28.1. The second kappa shape index (κ2) is 11.7. The Balaban J connectivity index is 1.20. The molecule has 0 aliphatic heterocycles. The Morgan fingerprint density at radius 1 is 0.340 bits per heavy atom. The third kappa shape index (κ3) is 4.61. The summed E-state index contributed by atoms with van der Waals surface area (Å²) in [5, 5.41) is 10.1. The van der Waals surface area contributed by atoms with E-state index >= 15 is 0 Å². The van der Waals surface area contributed by atoms with Crippen LogP contribution in [0.2, 0.25) is 0 Å². The van der Waals surface area contributed by atoms with Gasteiger partial charge in [0.1, 0.15) is 0 Å². The predicted octanol–water partition coefficient (Wildman–Crippen LogP) is 14.3. The highest BCUT2D eigenvalue weighted by Crippen LogP contribution is 2.48. The fraction of sp³-hybridized carbons (Fsp3) is 0. The van der Waals surface area contributed by atoms with Crippen LogP contribution in [0.25, 0.3) is 74.7 Å². The Hall–Kier alpha value is -6.22. The number of benzene rings is 9. The second-order valence-electron chi connectivity index (χ2n) is 12.9. The highest BCUT2D eigenvalue weighted by molar-refractivity contribution is 7.26. The number of hydrogen-bond donors (Lipinski definition) is 0. The first kappa shape index (κ1) is 28.8. The lowest BCUT2D eigenvalue weighted by Gasteiger charge is -2.28. The van der Waals surface area contributed by atoms with Crippen molar-refractivity contribution in [2.75, 3.05) is 4.90 Å². The number of hydrogen-bond acceptors (Lipinski definition) is 2. The number of rotatable bonds is 5. The number of anilines is 3. The Morgan fingerprint density at radius 2 is 0.920 bits per heavy atom. The molecule has 0 aliphatic carbocycles. The highest BCUT2D eigenvalue weighted by Gasteiger charge is 2.21. The first-order valence-corrected chi connectivity index (χ1v) is 17.9. The van der Waals surface area contributed by atoms with Gasteiger partial charge >= 0.3 is 0 Å². The van der Waals surface area contributed by atoms with Gasteiger partial charge in [-0.1, -0.05) is 158 Å². The fourth-order valence-corrected chi connectivity index (χ4v) is 8.96. The van der Waals surface area contributed by atoms with Gasteiger partial charge in [-0.15, -0.1) is 11.3 Å². The normalized spacial score (nSPS) is 11.6. The van der Waals surface area contributed by atoms with E-state index in [1.165, 1.54) is 86.1 Å². The largest absolute Gasteiger partial charge is 0.308 e. The van der Waals surface area contributed by atoms with Crippen molar-refractivity contribution in [3.05, 3.63) is 188 Å². The molecular weight excluding hydrogens is 623 g/mol. The van der Waals surface area contributed by atoms with Crippen molar-refractivity contribution in [1.82, 2.24) is 0 Å². The molecule has 0 aliphatic rings. The minimum absolute atomic E-state index is 1.13. The smallest absolute Gasteiger partial charge is 0.0640 e. The van der Waals surface area contributed by atoms with E-state index < -0.39 is 0 Å². The molecule has 0 unspecified atom stereocenters. The van der Waals surface area contributed by atoms with Gasteiger partial charge < -0.3 is 4.90 Å². The van der Waals surface area contributed by atoms with E-state index in [1.807, 2.05) is 11.3 Å². The minimum atomic E-state index is 1.13. The molecule has 0 bridgehead atoms. The van der Waals surface area contributed by atoms with Gasteiger partial charge in [0.25, 0.3) is 0 Å². The van der Waals surface area contributed by atoms with Gasteiger partial charge in [0, 0.05) is 26.5 Å². The SMILES string of the molecule is c1ccc(-c2cccc3ccccc23)c(-c2ccc(N(c3cc4ccccc4c4ccccc34)c3cccc4c3sc3ccccc34)cc2)c1. The summed E-state index contributed by atoms with van der Waals surface area (Å²) >= 11 is 1.87. The van der Waals surface area contributed by atoms with E-state index in [0.717, 1.165) is 5.69 Å². The Labute approximate surface area is 294 Å². The second-order valence-corrected chi connectivity index (χ2v) is 13.9. The summed E-state index contributed by atoms with van der Waals surface area (Å²) in [5.74, 6) is 0. The van der Waals surface area contributed by atoms with Crippen LogP contribution in [0.5, 0.6) is 0 Å². The lowest BCUT2D eigenvalue weighted by molar-refractivity contribution is 1.32. The highest BCUT2D eigenvalue weighted by atomic mass is 32.1. The molecule has 0 atom stereocenters. The molecule has 1 nitrogen and oxygen atoms in total. The van der Waals surface area contributed by atoms with Crippen LogP contribution in [0.3, 0.4) is 0 Å². The standard InChI is InChI=1S/C48H31NS/c1-3-16-36-32(13-1)15-11-23-40(36)39-19-6-5-17-37(39)33-27-29-35(30-28-33)49(45-25-12-24-44-43-22-9-10-26-47(43)50-48(44)45)46-31-34-14-2-4-18-38(34)41-20-7-8-21-42(41)46/h1-31H. The van der Waals surface area contributed by atoms with Gasteiger partial charge in [0.05, 0.1) is 16.1 Å². The lowest BCUT2D eigenvalue weighted by Crippen LogP contribution is -2.11. The summed E-state index contributed by atoms with van der Waals surface area (Å²) in [6.07, 6.45) is 0. The van der Waals surface area contributed by atoms with Gasteiger partial charge in [0.15, 0.2) is 0 Å². The van der Waals surface area contributed by atoms with Crippen molar-refractivity contribution < 1.29 is 0 Å². The van der Waals surface area contributed by atoms with Gasteiger partial charge in [-0.3, -0.25) is 0 Å². The van der Waals surface area contributed by atoms with Crippen molar-refractivity contribution in [2.24, 2.45) is 0 Å². The van der Waals surface area contributed by atoms with E-state index in [0.29, 0.717) is 0 Å². The van der Waals surface area contributed by atoms with Gasteiger partial charge in [-0.25, -0.2) is 0 Å². The molecule has 0 N–H and O–H groups in total. The Bertz CT molecular complexity index is 2870. The van der Waals surface area contributed by atoms with E-state index in [-0.39, 0.29) is 0 Å². The molecule has 50 heavy (non-hydrogen) atoms. The summed E-state index contributed by atoms with van der Waals surface area (Å²) in [5.41, 5.74) is 8.40. The zero-order chi connectivity index (χ0) is 33.0. The molecule has 0 saturated heterocycles. The lowest BCUT2D eigenvalue weighted by atomic mass is 9.91. The van der Waals surface area contributed by atoms with Crippen LogP contribution in [0, 0.1) is 0 Å². The molecule has 9 aromatic carbocycles. The molecule has 10 rings (SSSR count). The Morgan fingerprint density at radius 3 is 1.76 bits per heavy atom. The summed E-state index contributed by atoms with van der Waals surface area (Å²) in [7, 11) is 0. The van der Waals surface area contributed by atoms with Crippen LogP contribution < -0.4 is 4.90 Å². The van der Waals surface area contributed by atoms with E-state index in [2.05, 4.69) is 193 Å². The van der Waals surface area contributed by atoms with Crippen LogP contribution in [-0.2, 0) is 0 Å². The zero-order valence-electron chi connectivity index (χ0n) is 27.3. The van der Waals surface area contributed by atoms with Crippen LogP contribution >= 0.6 is 11.3 Å². The topological polar surface area (TPSA) is 3.24 Å². The molecule has 1 heterocycles. The minimum Gasteiger partial charge on any atom is -0.308 e. The van der Waals surface area contributed by atoms with Crippen molar-refractivity contribution in [1.29, 1.82) is 0 Å². The quantitative estimate of drug-likeness (QED) is 0.167. The molecule has 2 heteroatoms. The Kier molecular flexibility index (Phi) is 6.75. The molecule has 10 aromatic rings. The third-order valence-electron chi connectivity index (χ3n) is 10.1.